The summed E-state index contributed by atoms with van der Waals surface area (Å²) in [5, 5.41) is 0. The van der Waals surface area contributed by atoms with Gasteiger partial charge in [-0.2, -0.15) is 0 Å². The Morgan fingerprint density at radius 2 is 2.00 bits per heavy atom. The van der Waals surface area contributed by atoms with Crippen molar-refractivity contribution in [2.75, 3.05) is 0 Å². The molecule has 0 aromatic rings. The van der Waals surface area contributed by atoms with Crippen LogP contribution in [0.2, 0.25) is 0 Å². The quantitative estimate of drug-likeness (QED) is 0.562. The molecule has 0 N–H and O–H groups in total. The van der Waals surface area contributed by atoms with Crippen LogP contribution in [0.1, 0.15) is 46.0 Å². The second-order valence-corrected chi connectivity index (χ2v) is 4.39. The predicted octanol–water partition coefficient (Wildman–Crippen LogP) is 4.34. The van der Waals surface area contributed by atoms with E-state index in [-0.39, 0.29) is 0 Å². The van der Waals surface area contributed by atoms with Crippen LogP contribution in [0.15, 0.2) is 24.8 Å². The Morgan fingerprint density at radius 1 is 1.38 bits per heavy atom. The van der Waals surface area contributed by atoms with Gasteiger partial charge in [0, 0.05) is 5.41 Å². The Morgan fingerprint density at radius 3 is 2.46 bits per heavy atom. The molecular formula is C13H22. The van der Waals surface area contributed by atoms with Gasteiger partial charge < -0.3 is 0 Å². The van der Waals surface area contributed by atoms with Crippen molar-refractivity contribution in [2.45, 2.75) is 46.0 Å². The largest absolute Gasteiger partial charge is 0.102 e. The Labute approximate surface area is 82.7 Å². The van der Waals surface area contributed by atoms with Gasteiger partial charge >= 0.3 is 0 Å². The van der Waals surface area contributed by atoms with Crippen LogP contribution in [0, 0.1) is 11.3 Å². The topological polar surface area (TPSA) is 0 Å². The van der Waals surface area contributed by atoms with E-state index in [1.165, 1.54) is 32.1 Å². The van der Waals surface area contributed by atoms with Crippen LogP contribution in [-0.2, 0) is 0 Å². The molecule has 1 rings (SSSR count). The van der Waals surface area contributed by atoms with Gasteiger partial charge in [0.15, 0.2) is 0 Å². The van der Waals surface area contributed by atoms with Crippen molar-refractivity contribution in [1.82, 2.24) is 0 Å². The highest BCUT2D eigenvalue weighted by atomic mass is 14.3. The van der Waals surface area contributed by atoms with Crippen LogP contribution in [0.3, 0.4) is 0 Å². The molecule has 1 aliphatic rings. The molecule has 0 saturated heterocycles. The van der Waals surface area contributed by atoms with E-state index in [1.807, 2.05) is 0 Å². The molecule has 1 aliphatic carbocycles. The first-order chi connectivity index (χ1) is 6.22. The molecule has 74 valence electrons. The molecule has 1 atom stereocenters. The summed E-state index contributed by atoms with van der Waals surface area (Å²) in [5.41, 5.74) is 0.351. The van der Waals surface area contributed by atoms with E-state index in [2.05, 4.69) is 38.7 Å². The molecular weight excluding hydrogens is 156 g/mol. The van der Waals surface area contributed by atoms with Crippen LogP contribution < -0.4 is 0 Å². The summed E-state index contributed by atoms with van der Waals surface area (Å²) in [6.07, 6.45) is 13.5. The van der Waals surface area contributed by atoms with Crippen LogP contribution in [0.25, 0.3) is 0 Å². The predicted molar refractivity (Wildman–Crippen MR) is 59.7 cm³/mol. The fourth-order valence-electron chi connectivity index (χ4n) is 1.96. The normalized spacial score (nSPS) is 23.5. The molecule has 0 heterocycles. The van der Waals surface area contributed by atoms with Gasteiger partial charge in [-0.3, -0.25) is 0 Å². The molecule has 0 amide bonds. The molecule has 1 saturated carbocycles. The van der Waals surface area contributed by atoms with Crippen molar-refractivity contribution in [1.29, 1.82) is 0 Å². The Bertz CT molecular complexity index is 182. The average molecular weight is 178 g/mol. The molecule has 0 nitrogen and oxygen atoms in total. The van der Waals surface area contributed by atoms with Crippen molar-refractivity contribution in [3.8, 4) is 0 Å². The van der Waals surface area contributed by atoms with Gasteiger partial charge in [-0.25, -0.2) is 0 Å². The second kappa shape index (κ2) is 4.64. The molecule has 0 heteroatoms. The SMILES string of the molecule is C=CC1(C=CC(C)CC)CCCC1. The monoisotopic (exact) mass is 178 g/mol. The molecule has 0 aromatic heterocycles. The zero-order valence-corrected chi connectivity index (χ0v) is 9.05. The Kier molecular flexibility index (Phi) is 3.77. The first-order valence-electron chi connectivity index (χ1n) is 5.55. The second-order valence-electron chi connectivity index (χ2n) is 4.39. The van der Waals surface area contributed by atoms with E-state index in [9.17, 15) is 0 Å². The van der Waals surface area contributed by atoms with Gasteiger partial charge in [0.2, 0.25) is 0 Å². The Balaban J connectivity index is 2.57. The van der Waals surface area contributed by atoms with E-state index in [4.69, 9.17) is 0 Å². The highest BCUT2D eigenvalue weighted by Gasteiger charge is 2.27. The van der Waals surface area contributed by atoms with Gasteiger partial charge in [-0.1, -0.05) is 51.3 Å². The smallest absolute Gasteiger partial charge is 0.00584 e. The van der Waals surface area contributed by atoms with E-state index >= 15 is 0 Å². The third-order valence-electron chi connectivity index (χ3n) is 3.34. The van der Waals surface area contributed by atoms with Crippen molar-refractivity contribution in [2.24, 2.45) is 11.3 Å². The number of allylic oxidation sites excluding steroid dienone is 3. The maximum atomic E-state index is 3.97. The molecule has 1 unspecified atom stereocenters. The summed E-state index contributed by atoms with van der Waals surface area (Å²) in [4.78, 5) is 0. The standard InChI is InChI=1S/C13H22/c1-4-12(3)8-11-13(5-2)9-6-7-10-13/h5,8,11-12H,2,4,6-7,9-10H2,1,3H3. The van der Waals surface area contributed by atoms with E-state index in [0.717, 1.165) is 5.92 Å². The summed E-state index contributed by atoms with van der Waals surface area (Å²) in [7, 11) is 0. The van der Waals surface area contributed by atoms with Crippen LogP contribution in [-0.4, -0.2) is 0 Å². The van der Waals surface area contributed by atoms with Crippen LogP contribution >= 0.6 is 0 Å². The van der Waals surface area contributed by atoms with E-state index < -0.39 is 0 Å². The van der Waals surface area contributed by atoms with Gasteiger partial charge in [0.1, 0.15) is 0 Å². The highest BCUT2D eigenvalue weighted by Crippen LogP contribution is 2.40. The lowest BCUT2D eigenvalue weighted by atomic mass is 9.85. The minimum atomic E-state index is 0.351. The molecule has 1 fully saturated rings. The maximum Gasteiger partial charge on any atom is 0.00584 e. The van der Waals surface area contributed by atoms with Gasteiger partial charge in [-0.05, 0) is 18.8 Å². The molecule has 0 aliphatic heterocycles. The maximum absolute atomic E-state index is 3.97. The third kappa shape index (κ3) is 2.72. The number of hydrogen-bond acceptors (Lipinski definition) is 0. The minimum absolute atomic E-state index is 0.351. The Hall–Kier alpha value is -0.520. The zero-order chi connectivity index (χ0) is 9.73. The van der Waals surface area contributed by atoms with Crippen molar-refractivity contribution in [3.05, 3.63) is 24.8 Å². The number of hydrogen-bond donors (Lipinski definition) is 0. The molecule has 0 spiro atoms. The number of rotatable bonds is 4. The highest BCUT2D eigenvalue weighted by molar-refractivity contribution is 5.12. The fourth-order valence-corrected chi connectivity index (χ4v) is 1.96. The van der Waals surface area contributed by atoms with Gasteiger partial charge in [0.25, 0.3) is 0 Å². The first-order valence-corrected chi connectivity index (χ1v) is 5.55. The van der Waals surface area contributed by atoms with Crippen molar-refractivity contribution in [3.63, 3.8) is 0 Å². The third-order valence-corrected chi connectivity index (χ3v) is 3.34. The van der Waals surface area contributed by atoms with Crippen molar-refractivity contribution < 1.29 is 0 Å². The molecule has 0 radical (unpaired) electrons. The summed E-state index contributed by atoms with van der Waals surface area (Å²) < 4.78 is 0. The van der Waals surface area contributed by atoms with Gasteiger partial charge in [0.05, 0.1) is 0 Å². The minimum Gasteiger partial charge on any atom is -0.102 e. The average Bonchev–Trinajstić information content (AvgIpc) is 2.63. The van der Waals surface area contributed by atoms with E-state index in [0.29, 0.717) is 5.41 Å². The first kappa shape index (κ1) is 10.6. The summed E-state index contributed by atoms with van der Waals surface area (Å²) in [6, 6.07) is 0. The summed E-state index contributed by atoms with van der Waals surface area (Å²) >= 11 is 0. The fraction of sp³-hybridized carbons (Fsp3) is 0.692. The van der Waals surface area contributed by atoms with Crippen molar-refractivity contribution >= 4 is 0 Å². The summed E-state index contributed by atoms with van der Waals surface area (Å²) in [5.74, 6) is 0.720. The molecule has 0 aromatic carbocycles. The lowest BCUT2D eigenvalue weighted by Crippen LogP contribution is -2.08. The van der Waals surface area contributed by atoms with Gasteiger partial charge in [-0.15, -0.1) is 6.58 Å². The van der Waals surface area contributed by atoms with Crippen LogP contribution in [0.4, 0.5) is 0 Å². The molecule has 13 heavy (non-hydrogen) atoms. The lowest BCUT2D eigenvalue weighted by molar-refractivity contribution is 0.509. The summed E-state index contributed by atoms with van der Waals surface area (Å²) in [6.45, 7) is 8.49. The van der Waals surface area contributed by atoms with Crippen LogP contribution in [0.5, 0.6) is 0 Å². The zero-order valence-electron chi connectivity index (χ0n) is 9.05. The molecule has 0 bridgehead atoms. The lowest BCUT2D eigenvalue weighted by Gasteiger charge is -2.20. The van der Waals surface area contributed by atoms with E-state index in [1.54, 1.807) is 0 Å².